The monoisotopic (exact) mass is 525 g/mol. The Balaban J connectivity index is 1.91. The van der Waals surface area contributed by atoms with Crippen molar-refractivity contribution in [2.45, 2.75) is 16.3 Å². The summed E-state index contributed by atoms with van der Waals surface area (Å²) in [5.74, 6) is 0.543. The van der Waals surface area contributed by atoms with Crippen LogP contribution < -0.4 is 9.88 Å². The lowest BCUT2D eigenvalue weighted by Crippen LogP contribution is -2.14. The molecule has 186 valence electrons. The summed E-state index contributed by atoms with van der Waals surface area (Å²) in [5.41, 5.74) is 1.89. The van der Waals surface area contributed by atoms with Gasteiger partial charge in [0.1, 0.15) is 11.5 Å². The summed E-state index contributed by atoms with van der Waals surface area (Å²) in [5, 5.41) is 5.37. The maximum Gasteiger partial charge on any atom is 0.243 e. The molecule has 11 heteroatoms. The first-order valence-corrected chi connectivity index (χ1v) is 14.1. The number of nitrogens with zero attached hydrogens (tertiary/aromatic N) is 2. The Hall–Kier alpha value is -3.80. The van der Waals surface area contributed by atoms with Gasteiger partial charge in [0.2, 0.25) is 15.9 Å². The number of hydrogen-bond acceptors (Lipinski definition) is 7. The van der Waals surface area contributed by atoms with Crippen LogP contribution >= 0.6 is 0 Å². The summed E-state index contributed by atoms with van der Waals surface area (Å²) in [6.07, 6.45) is 1.67. The van der Waals surface area contributed by atoms with E-state index in [2.05, 4.69) is 4.98 Å². The third kappa shape index (κ3) is 4.94. The minimum absolute atomic E-state index is 0.00578. The SMILES string of the molecule is COc1nc(-c2ccccc2)n(Cc2ccc(-c3ccccc3S(N)(=O)=O)cc2S(C)(=O)=O)c1C=O. The number of rotatable bonds is 8. The molecule has 0 saturated heterocycles. The molecule has 3 aromatic carbocycles. The van der Waals surface area contributed by atoms with Crippen LogP contribution in [0.5, 0.6) is 5.88 Å². The molecular weight excluding hydrogens is 502 g/mol. The number of aromatic nitrogens is 2. The molecule has 0 fully saturated rings. The van der Waals surface area contributed by atoms with Gasteiger partial charge >= 0.3 is 0 Å². The average molecular weight is 526 g/mol. The molecule has 2 N–H and O–H groups in total. The van der Waals surface area contributed by atoms with Gasteiger partial charge in [0.25, 0.3) is 0 Å². The molecule has 0 spiro atoms. The van der Waals surface area contributed by atoms with E-state index in [-0.39, 0.29) is 33.5 Å². The first-order chi connectivity index (χ1) is 17.0. The van der Waals surface area contributed by atoms with Crippen LogP contribution in [0.3, 0.4) is 0 Å². The number of imidazole rings is 1. The van der Waals surface area contributed by atoms with Gasteiger partial charge in [-0.2, -0.15) is 4.98 Å². The molecule has 4 rings (SSSR count). The molecule has 0 bridgehead atoms. The fourth-order valence-corrected chi connectivity index (χ4v) is 5.71. The molecule has 9 nitrogen and oxygen atoms in total. The molecule has 0 amide bonds. The number of hydrogen-bond donors (Lipinski definition) is 1. The topological polar surface area (TPSA) is 138 Å². The van der Waals surface area contributed by atoms with E-state index < -0.39 is 19.9 Å². The maximum atomic E-state index is 12.8. The van der Waals surface area contributed by atoms with Crippen LogP contribution in [0.2, 0.25) is 0 Å². The first kappa shape index (κ1) is 25.3. The number of nitrogens with two attached hydrogens (primary N) is 1. The molecule has 1 aromatic heterocycles. The highest BCUT2D eigenvalue weighted by Crippen LogP contribution is 2.32. The molecule has 1 heterocycles. The van der Waals surface area contributed by atoms with Crippen molar-refractivity contribution in [1.29, 1.82) is 0 Å². The van der Waals surface area contributed by atoms with Crippen LogP contribution in [0.15, 0.2) is 82.6 Å². The largest absolute Gasteiger partial charge is 0.479 e. The standard InChI is InChI=1S/C25H23N3O6S2/c1-34-25-21(16-29)28(24(27-25)17-8-4-3-5-9-17)15-19-13-12-18(14-23(19)35(2,30)31)20-10-6-7-11-22(20)36(26,32)33/h3-14,16H,15H2,1-2H3,(H2,26,32,33). The zero-order valence-corrected chi connectivity index (χ0v) is 21.1. The zero-order chi connectivity index (χ0) is 26.1. The molecule has 36 heavy (non-hydrogen) atoms. The number of carbonyl (C=O) groups excluding carboxylic acids is 1. The van der Waals surface area contributed by atoms with E-state index in [9.17, 15) is 21.6 Å². The number of sulfonamides is 1. The van der Waals surface area contributed by atoms with E-state index >= 15 is 0 Å². The van der Waals surface area contributed by atoms with E-state index in [0.717, 1.165) is 6.26 Å². The van der Waals surface area contributed by atoms with Crippen LogP contribution in [0, 0.1) is 0 Å². The first-order valence-electron chi connectivity index (χ1n) is 10.6. The molecule has 0 radical (unpaired) electrons. The number of benzene rings is 3. The third-order valence-electron chi connectivity index (χ3n) is 5.61. The van der Waals surface area contributed by atoms with E-state index in [1.54, 1.807) is 28.8 Å². The molecule has 0 saturated carbocycles. The predicted molar refractivity (Wildman–Crippen MR) is 135 cm³/mol. The van der Waals surface area contributed by atoms with Crippen molar-refractivity contribution >= 4 is 26.1 Å². The number of carbonyl (C=O) groups is 1. The third-order valence-corrected chi connectivity index (χ3v) is 7.76. The summed E-state index contributed by atoms with van der Waals surface area (Å²) in [6.45, 7) is -0.00578. The summed E-state index contributed by atoms with van der Waals surface area (Å²) in [4.78, 5) is 16.3. The quantitative estimate of drug-likeness (QED) is 0.349. The Morgan fingerprint density at radius 3 is 2.19 bits per heavy atom. The summed E-state index contributed by atoms with van der Waals surface area (Å²) < 4.78 is 56.7. The Labute approximate surface area is 209 Å². The molecular formula is C25H23N3O6S2. The van der Waals surface area contributed by atoms with Gasteiger partial charge in [-0.05, 0) is 23.3 Å². The van der Waals surface area contributed by atoms with E-state index in [0.29, 0.717) is 28.8 Å². The highest BCUT2D eigenvalue weighted by molar-refractivity contribution is 7.90. The number of methoxy groups -OCH3 is 1. The predicted octanol–water partition coefficient (Wildman–Crippen LogP) is 3.14. The van der Waals surface area contributed by atoms with Gasteiger partial charge in [0.15, 0.2) is 16.1 Å². The van der Waals surface area contributed by atoms with E-state index in [4.69, 9.17) is 9.88 Å². The lowest BCUT2D eigenvalue weighted by molar-refractivity contribution is 0.111. The van der Waals surface area contributed by atoms with Crippen molar-refractivity contribution in [3.63, 3.8) is 0 Å². The van der Waals surface area contributed by atoms with Gasteiger partial charge in [-0.3, -0.25) is 4.79 Å². The number of ether oxygens (including phenoxy) is 1. The minimum Gasteiger partial charge on any atom is -0.479 e. The van der Waals surface area contributed by atoms with Crippen molar-refractivity contribution in [2.24, 2.45) is 5.14 Å². The van der Waals surface area contributed by atoms with Gasteiger partial charge < -0.3 is 9.30 Å². The van der Waals surface area contributed by atoms with Crippen molar-refractivity contribution < 1.29 is 26.4 Å². The summed E-state index contributed by atoms with van der Waals surface area (Å²) in [6, 6.07) is 19.8. The fourth-order valence-electron chi connectivity index (χ4n) is 4.00. The molecule has 0 aliphatic carbocycles. The number of primary sulfonamides is 1. The average Bonchev–Trinajstić information content (AvgIpc) is 3.21. The highest BCUT2D eigenvalue weighted by Gasteiger charge is 2.23. The van der Waals surface area contributed by atoms with Crippen molar-refractivity contribution in [2.75, 3.05) is 13.4 Å². The smallest absolute Gasteiger partial charge is 0.243 e. The van der Waals surface area contributed by atoms with Crippen LogP contribution in [-0.2, 0) is 26.4 Å². The van der Waals surface area contributed by atoms with Gasteiger partial charge in [0, 0.05) is 17.4 Å². The van der Waals surface area contributed by atoms with Gasteiger partial charge in [0.05, 0.1) is 23.4 Å². The van der Waals surface area contributed by atoms with Gasteiger partial charge in [-0.15, -0.1) is 0 Å². The minimum atomic E-state index is -4.05. The lowest BCUT2D eigenvalue weighted by atomic mass is 10.0. The van der Waals surface area contributed by atoms with E-state index in [1.165, 1.54) is 25.3 Å². The van der Waals surface area contributed by atoms with Crippen molar-refractivity contribution in [3.8, 4) is 28.4 Å². The Bertz CT molecular complexity index is 1660. The fraction of sp³-hybridized carbons (Fsp3) is 0.120. The Morgan fingerprint density at radius 1 is 0.917 bits per heavy atom. The summed E-state index contributed by atoms with van der Waals surface area (Å²) in [7, 11) is -6.41. The van der Waals surface area contributed by atoms with E-state index in [1.807, 2.05) is 30.3 Å². The van der Waals surface area contributed by atoms with Gasteiger partial charge in [-0.1, -0.05) is 60.7 Å². The van der Waals surface area contributed by atoms with Gasteiger partial charge in [-0.25, -0.2) is 22.0 Å². The Morgan fingerprint density at radius 2 is 1.58 bits per heavy atom. The van der Waals surface area contributed by atoms with Crippen LogP contribution in [-0.4, -0.2) is 46.0 Å². The zero-order valence-electron chi connectivity index (χ0n) is 19.5. The van der Waals surface area contributed by atoms with Crippen LogP contribution in [0.4, 0.5) is 0 Å². The van der Waals surface area contributed by atoms with Crippen LogP contribution in [0.1, 0.15) is 16.1 Å². The normalized spacial score (nSPS) is 11.9. The molecule has 0 aliphatic rings. The molecule has 0 aliphatic heterocycles. The molecule has 0 atom stereocenters. The second-order valence-corrected chi connectivity index (χ2v) is 11.5. The highest BCUT2D eigenvalue weighted by atomic mass is 32.2. The van der Waals surface area contributed by atoms with Crippen LogP contribution in [0.25, 0.3) is 22.5 Å². The second kappa shape index (κ2) is 9.69. The molecule has 0 unspecified atom stereocenters. The number of sulfone groups is 1. The lowest BCUT2D eigenvalue weighted by Gasteiger charge is -2.15. The second-order valence-electron chi connectivity index (χ2n) is 8.04. The van der Waals surface area contributed by atoms with Crippen molar-refractivity contribution in [1.82, 2.24) is 9.55 Å². The Kier molecular flexibility index (Phi) is 6.81. The maximum absolute atomic E-state index is 12.8. The van der Waals surface area contributed by atoms with Crippen molar-refractivity contribution in [3.05, 3.63) is 84.1 Å². The number of aldehydes is 1. The molecule has 4 aromatic rings. The summed E-state index contributed by atoms with van der Waals surface area (Å²) >= 11 is 0.